The van der Waals surface area contributed by atoms with Crippen molar-refractivity contribution in [1.82, 2.24) is 14.8 Å². The Bertz CT molecular complexity index is 1740. The molecule has 0 radical (unpaired) electrons. The van der Waals surface area contributed by atoms with Crippen LogP contribution in [0, 0.1) is 0 Å². The van der Waals surface area contributed by atoms with Crippen LogP contribution < -0.4 is 9.64 Å². The van der Waals surface area contributed by atoms with E-state index in [4.69, 9.17) is 0 Å². The highest BCUT2D eigenvalue weighted by molar-refractivity contribution is 8.14. The van der Waals surface area contributed by atoms with Gasteiger partial charge in [-0.15, -0.1) is 23.4 Å². The van der Waals surface area contributed by atoms with E-state index in [1.54, 1.807) is 18.0 Å². The molecule has 11 heteroatoms. The molecule has 2 heterocycles. The quantitative estimate of drug-likeness (QED) is 0.141. The summed E-state index contributed by atoms with van der Waals surface area (Å²) in [5.74, 6) is 1.16. The smallest absolute Gasteiger partial charge is 0.406 e. The summed E-state index contributed by atoms with van der Waals surface area (Å²) >= 11 is 1.69. The van der Waals surface area contributed by atoms with E-state index in [0.717, 1.165) is 51.8 Å². The molecule has 1 fully saturated rings. The molecule has 0 unspecified atom stereocenters. The van der Waals surface area contributed by atoms with Gasteiger partial charge in [-0.1, -0.05) is 84.6 Å². The molecular formula is C32H25F3N6OS. The molecule has 0 N–H and O–H groups in total. The second-order valence-corrected chi connectivity index (χ2v) is 10.6. The number of nitrogens with zero attached hydrogens (tertiary/aromatic N) is 6. The lowest BCUT2D eigenvalue weighted by molar-refractivity contribution is -0.274. The lowest BCUT2D eigenvalue weighted by atomic mass is 10.0. The first-order chi connectivity index (χ1) is 20.9. The summed E-state index contributed by atoms with van der Waals surface area (Å²) in [6, 6.07) is 31.7. The van der Waals surface area contributed by atoms with Gasteiger partial charge in [0.05, 0.1) is 17.6 Å². The molecular weight excluding hydrogens is 573 g/mol. The number of para-hydroxylation sites is 1. The minimum atomic E-state index is -4.74. The Hall–Kier alpha value is -4.90. The average molecular weight is 599 g/mol. The van der Waals surface area contributed by atoms with Crippen molar-refractivity contribution in [3.05, 3.63) is 115 Å². The maximum atomic E-state index is 12.4. The molecule has 1 aliphatic rings. The van der Waals surface area contributed by atoms with Gasteiger partial charge in [0.15, 0.2) is 11.0 Å². The lowest BCUT2D eigenvalue weighted by Gasteiger charge is -2.30. The van der Waals surface area contributed by atoms with Crippen LogP contribution in [0.25, 0.3) is 28.2 Å². The molecule has 0 amide bonds. The largest absolute Gasteiger partial charge is 0.573 e. The van der Waals surface area contributed by atoms with E-state index < -0.39 is 6.36 Å². The van der Waals surface area contributed by atoms with Crippen molar-refractivity contribution in [2.24, 2.45) is 10.2 Å². The van der Waals surface area contributed by atoms with Crippen LogP contribution in [0.3, 0.4) is 0 Å². The zero-order valence-electron chi connectivity index (χ0n) is 22.7. The standard InChI is InChI=1S/C32H25F3N6OS/c33-32(34,35)42-27-17-15-26(16-18-27)41-22-36-30(39-41)25-13-11-23(12-14-25)21-37-38-31-40(19-6-20-43-31)29-10-5-4-9-28(29)24-7-2-1-3-8-24/h1-5,7-18,21-22H,6,19-20H2/b37-21+,38-31-. The number of halogens is 3. The van der Waals surface area contributed by atoms with Crippen LogP contribution in [0.2, 0.25) is 0 Å². The van der Waals surface area contributed by atoms with Crippen LogP contribution in [-0.2, 0) is 0 Å². The number of hydrogen-bond acceptors (Lipinski definition) is 6. The molecule has 1 aromatic heterocycles. The van der Waals surface area contributed by atoms with Gasteiger partial charge in [-0.3, -0.25) is 0 Å². The van der Waals surface area contributed by atoms with Crippen LogP contribution >= 0.6 is 11.8 Å². The highest BCUT2D eigenvalue weighted by atomic mass is 32.2. The van der Waals surface area contributed by atoms with Crippen molar-refractivity contribution in [3.63, 3.8) is 0 Å². The van der Waals surface area contributed by atoms with Crippen molar-refractivity contribution in [1.29, 1.82) is 0 Å². The second kappa shape index (κ2) is 12.5. The van der Waals surface area contributed by atoms with E-state index in [1.807, 2.05) is 48.5 Å². The van der Waals surface area contributed by atoms with Gasteiger partial charge >= 0.3 is 6.36 Å². The highest BCUT2D eigenvalue weighted by Crippen LogP contribution is 2.34. The van der Waals surface area contributed by atoms with Gasteiger partial charge in [0.1, 0.15) is 12.1 Å². The van der Waals surface area contributed by atoms with Crippen molar-refractivity contribution < 1.29 is 17.9 Å². The van der Waals surface area contributed by atoms with Crippen molar-refractivity contribution in [2.75, 3.05) is 17.2 Å². The maximum Gasteiger partial charge on any atom is 0.573 e. The molecule has 0 atom stereocenters. The molecule has 216 valence electrons. The van der Waals surface area contributed by atoms with E-state index in [1.165, 1.54) is 35.3 Å². The Morgan fingerprint density at radius 1 is 0.837 bits per heavy atom. The van der Waals surface area contributed by atoms with Crippen molar-refractivity contribution >= 4 is 28.8 Å². The lowest BCUT2D eigenvalue weighted by Crippen LogP contribution is -2.34. The number of aromatic nitrogens is 3. The molecule has 1 aliphatic heterocycles. The van der Waals surface area contributed by atoms with Gasteiger partial charge in [0, 0.05) is 23.4 Å². The van der Waals surface area contributed by atoms with Gasteiger partial charge in [-0.2, -0.15) is 5.10 Å². The SMILES string of the molecule is FC(F)(F)Oc1ccc(-n2cnc(-c3ccc(/C=N/N=C4\SCCCN4c4ccccc4-c4ccccc4)cc3)n2)cc1. The summed E-state index contributed by atoms with van der Waals surface area (Å²) in [6.45, 7) is 0.866. The summed E-state index contributed by atoms with van der Waals surface area (Å²) in [6.07, 6.45) is -0.469. The summed E-state index contributed by atoms with van der Waals surface area (Å²) < 4.78 is 42.7. The van der Waals surface area contributed by atoms with Crippen molar-refractivity contribution in [2.45, 2.75) is 12.8 Å². The van der Waals surface area contributed by atoms with E-state index in [-0.39, 0.29) is 5.75 Å². The van der Waals surface area contributed by atoms with Gasteiger partial charge in [-0.25, -0.2) is 9.67 Å². The van der Waals surface area contributed by atoms with E-state index in [2.05, 4.69) is 60.3 Å². The number of benzene rings is 4. The number of hydrogen-bond donors (Lipinski definition) is 0. The fourth-order valence-electron chi connectivity index (χ4n) is 4.62. The monoisotopic (exact) mass is 598 g/mol. The van der Waals surface area contributed by atoms with Crippen LogP contribution in [0.15, 0.2) is 120 Å². The van der Waals surface area contributed by atoms with Crippen LogP contribution in [0.4, 0.5) is 18.9 Å². The zero-order chi connectivity index (χ0) is 29.6. The minimum absolute atomic E-state index is 0.300. The van der Waals surface area contributed by atoms with Crippen LogP contribution in [0.1, 0.15) is 12.0 Å². The van der Waals surface area contributed by atoms with Gasteiger partial charge in [0.2, 0.25) is 0 Å². The third-order valence-electron chi connectivity index (χ3n) is 6.61. The predicted molar refractivity (Wildman–Crippen MR) is 165 cm³/mol. The van der Waals surface area contributed by atoms with Gasteiger partial charge in [-0.05, 0) is 47.9 Å². The topological polar surface area (TPSA) is 67.9 Å². The third kappa shape index (κ3) is 6.95. The normalized spacial score (nSPS) is 14.9. The zero-order valence-corrected chi connectivity index (χ0v) is 23.5. The third-order valence-corrected chi connectivity index (χ3v) is 7.67. The van der Waals surface area contributed by atoms with Crippen LogP contribution in [-0.4, -0.2) is 44.8 Å². The first-order valence-corrected chi connectivity index (χ1v) is 14.5. The van der Waals surface area contributed by atoms with Gasteiger partial charge < -0.3 is 9.64 Å². The molecule has 0 bridgehead atoms. The molecule has 6 rings (SSSR count). The summed E-state index contributed by atoms with van der Waals surface area (Å²) in [5.41, 5.74) is 5.62. The molecule has 4 aromatic carbocycles. The molecule has 43 heavy (non-hydrogen) atoms. The molecule has 1 saturated heterocycles. The first-order valence-electron chi connectivity index (χ1n) is 13.5. The first kappa shape index (κ1) is 28.2. The number of alkyl halides is 3. The Morgan fingerprint density at radius 3 is 2.35 bits per heavy atom. The molecule has 5 aromatic rings. The second-order valence-electron chi connectivity index (χ2n) is 9.54. The number of anilines is 1. The molecule has 0 aliphatic carbocycles. The minimum Gasteiger partial charge on any atom is -0.406 e. The Kier molecular flexibility index (Phi) is 8.23. The molecule has 0 spiro atoms. The maximum absolute atomic E-state index is 12.4. The van der Waals surface area contributed by atoms with Crippen molar-refractivity contribution in [3.8, 4) is 34.0 Å². The van der Waals surface area contributed by atoms with E-state index >= 15 is 0 Å². The Morgan fingerprint density at radius 2 is 1.58 bits per heavy atom. The average Bonchev–Trinajstić information content (AvgIpc) is 3.52. The highest BCUT2D eigenvalue weighted by Gasteiger charge is 2.31. The number of thioether (sulfide) groups is 1. The van der Waals surface area contributed by atoms with E-state index in [9.17, 15) is 13.2 Å². The summed E-state index contributed by atoms with van der Waals surface area (Å²) in [5, 5.41) is 14.3. The number of amidine groups is 1. The Balaban J connectivity index is 1.15. The van der Waals surface area contributed by atoms with Crippen LogP contribution in [0.5, 0.6) is 5.75 Å². The molecule has 0 saturated carbocycles. The van der Waals surface area contributed by atoms with E-state index in [0.29, 0.717) is 11.5 Å². The molecule has 7 nitrogen and oxygen atoms in total. The fraction of sp³-hybridized carbons (Fsp3) is 0.125. The van der Waals surface area contributed by atoms with Gasteiger partial charge in [0.25, 0.3) is 0 Å². The summed E-state index contributed by atoms with van der Waals surface area (Å²) in [4.78, 5) is 6.57. The number of ether oxygens (including phenoxy) is 1. The number of rotatable bonds is 7. The fourth-order valence-corrected chi connectivity index (χ4v) is 5.53. The Labute approximate surface area is 250 Å². The predicted octanol–water partition coefficient (Wildman–Crippen LogP) is 7.83. The summed E-state index contributed by atoms with van der Waals surface area (Å²) in [7, 11) is 0.